The Bertz CT molecular complexity index is 674. The van der Waals surface area contributed by atoms with Crippen molar-refractivity contribution in [3.63, 3.8) is 0 Å². The van der Waals surface area contributed by atoms with E-state index in [1.165, 1.54) is 0 Å². The standard InChI is InChI=1S/C15H20N4O2/c1-15(2,3)19-9-8-16-12(14(19)20)18-10-11-6-5-7-17-13(11)21-4/h5-9H,10H2,1-4H3,(H,16,18). The summed E-state index contributed by atoms with van der Waals surface area (Å²) in [5, 5.41) is 3.05. The van der Waals surface area contributed by atoms with Gasteiger partial charge in [-0.25, -0.2) is 9.97 Å². The van der Waals surface area contributed by atoms with Gasteiger partial charge >= 0.3 is 0 Å². The molecular formula is C15H20N4O2. The van der Waals surface area contributed by atoms with Gasteiger partial charge in [0.05, 0.1) is 7.11 Å². The monoisotopic (exact) mass is 288 g/mol. The minimum atomic E-state index is -0.289. The smallest absolute Gasteiger partial charge is 0.293 e. The van der Waals surface area contributed by atoms with Gasteiger partial charge in [-0.05, 0) is 26.8 Å². The Labute approximate surface area is 123 Å². The van der Waals surface area contributed by atoms with Gasteiger partial charge in [0, 0.05) is 36.2 Å². The topological polar surface area (TPSA) is 69.0 Å². The molecular weight excluding hydrogens is 268 g/mol. The van der Waals surface area contributed by atoms with Crippen LogP contribution in [0.4, 0.5) is 5.82 Å². The van der Waals surface area contributed by atoms with Crippen molar-refractivity contribution in [3.8, 4) is 5.88 Å². The van der Waals surface area contributed by atoms with Gasteiger partial charge in [-0.1, -0.05) is 6.07 Å². The highest BCUT2D eigenvalue weighted by atomic mass is 16.5. The Morgan fingerprint density at radius 2 is 2.05 bits per heavy atom. The van der Waals surface area contributed by atoms with Gasteiger partial charge in [0.2, 0.25) is 5.88 Å². The molecule has 0 radical (unpaired) electrons. The summed E-state index contributed by atoms with van der Waals surface area (Å²) in [6, 6.07) is 3.72. The van der Waals surface area contributed by atoms with Crippen LogP contribution in [0.3, 0.4) is 0 Å². The third kappa shape index (κ3) is 3.39. The number of nitrogens with zero attached hydrogens (tertiary/aromatic N) is 3. The maximum Gasteiger partial charge on any atom is 0.293 e. The first-order valence-electron chi connectivity index (χ1n) is 6.73. The highest BCUT2D eigenvalue weighted by Gasteiger charge is 2.16. The largest absolute Gasteiger partial charge is 0.481 e. The van der Waals surface area contributed by atoms with Crippen molar-refractivity contribution in [2.45, 2.75) is 32.9 Å². The van der Waals surface area contributed by atoms with Crippen LogP contribution in [-0.4, -0.2) is 21.6 Å². The summed E-state index contributed by atoms with van der Waals surface area (Å²) in [4.78, 5) is 20.6. The van der Waals surface area contributed by atoms with E-state index in [4.69, 9.17) is 4.74 Å². The minimum Gasteiger partial charge on any atom is -0.481 e. The molecule has 0 amide bonds. The third-order valence-corrected chi connectivity index (χ3v) is 3.05. The molecule has 0 aliphatic heterocycles. The fourth-order valence-corrected chi connectivity index (χ4v) is 1.98. The number of nitrogens with one attached hydrogen (secondary N) is 1. The summed E-state index contributed by atoms with van der Waals surface area (Å²) >= 11 is 0. The summed E-state index contributed by atoms with van der Waals surface area (Å²) in [6.07, 6.45) is 4.98. The predicted octanol–water partition coefficient (Wildman–Crippen LogP) is 2.01. The van der Waals surface area contributed by atoms with E-state index in [-0.39, 0.29) is 11.1 Å². The Morgan fingerprint density at radius 3 is 2.71 bits per heavy atom. The lowest BCUT2D eigenvalue weighted by molar-refractivity contribution is 0.383. The zero-order valence-corrected chi connectivity index (χ0v) is 12.8. The van der Waals surface area contributed by atoms with E-state index in [2.05, 4.69) is 15.3 Å². The van der Waals surface area contributed by atoms with Crippen LogP contribution in [-0.2, 0) is 12.1 Å². The lowest BCUT2D eigenvalue weighted by Gasteiger charge is -2.22. The van der Waals surface area contributed by atoms with E-state index >= 15 is 0 Å². The lowest BCUT2D eigenvalue weighted by atomic mass is 10.1. The molecule has 21 heavy (non-hydrogen) atoms. The lowest BCUT2D eigenvalue weighted by Crippen LogP contribution is -2.35. The first-order chi connectivity index (χ1) is 9.93. The number of rotatable bonds is 4. The van der Waals surface area contributed by atoms with E-state index in [9.17, 15) is 4.79 Å². The van der Waals surface area contributed by atoms with Gasteiger partial charge in [-0.2, -0.15) is 0 Å². The number of pyridine rings is 1. The summed E-state index contributed by atoms with van der Waals surface area (Å²) in [5.41, 5.74) is 0.433. The molecule has 0 saturated carbocycles. The molecule has 0 saturated heterocycles. The Balaban J connectivity index is 2.23. The van der Waals surface area contributed by atoms with Crippen LogP contribution in [0.15, 0.2) is 35.5 Å². The van der Waals surface area contributed by atoms with Gasteiger partial charge in [0.25, 0.3) is 5.56 Å². The Morgan fingerprint density at radius 1 is 1.29 bits per heavy atom. The molecule has 1 N–H and O–H groups in total. The van der Waals surface area contributed by atoms with Crippen molar-refractivity contribution in [1.29, 1.82) is 0 Å². The molecule has 0 unspecified atom stereocenters. The van der Waals surface area contributed by atoms with Crippen LogP contribution in [0.25, 0.3) is 0 Å². The van der Waals surface area contributed by atoms with Crippen LogP contribution < -0.4 is 15.6 Å². The average Bonchev–Trinajstić information content (AvgIpc) is 2.45. The molecule has 112 valence electrons. The van der Waals surface area contributed by atoms with Gasteiger partial charge < -0.3 is 14.6 Å². The normalized spacial score (nSPS) is 11.2. The minimum absolute atomic E-state index is 0.146. The number of methoxy groups -OCH3 is 1. The molecule has 0 atom stereocenters. The quantitative estimate of drug-likeness (QED) is 0.932. The molecule has 2 aromatic rings. The molecule has 6 heteroatoms. The fraction of sp³-hybridized carbons (Fsp3) is 0.400. The van der Waals surface area contributed by atoms with Crippen LogP contribution >= 0.6 is 0 Å². The van der Waals surface area contributed by atoms with Crippen LogP contribution in [0, 0.1) is 0 Å². The van der Waals surface area contributed by atoms with Crippen molar-refractivity contribution in [1.82, 2.24) is 14.5 Å². The third-order valence-electron chi connectivity index (χ3n) is 3.05. The zero-order chi connectivity index (χ0) is 15.5. The number of anilines is 1. The molecule has 0 aromatic carbocycles. The summed E-state index contributed by atoms with van der Waals surface area (Å²) < 4.78 is 6.84. The molecule has 0 spiro atoms. The number of aromatic nitrogens is 3. The maximum atomic E-state index is 12.4. The number of hydrogen-bond acceptors (Lipinski definition) is 5. The van der Waals surface area contributed by atoms with E-state index in [1.807, 2.05) is 32.9 Å². The van der Waals surface area contributed by atoms with Crippen molar-refractivity contribution in [3.05, 3.63) is 46.6 Å². The molecule has 0 aliphatic carbocycles. The first-order valence-corrected chi connectivity index (χ1v) is 6.73. The summed E-state index contributed by atoms with van der Waals surface area (Å²) in [6.45, 7) is 6.35. The fourth-order valence-electron chi connectivity index (χ4n) is 1.98. The number of hydrogen-bond donors (Lipinski definition) is 1. The second-order valence-electron chi connectivity index (χ2n) is 5.65. The van der Waals surface area contributed by atoms with Crippen LogP contribution in [0.1, 0.15) is 26.3 Å². The highest BCUT2D eigenvalue weighted by molar-refractivity contribution is 5.35. The Kier molecular flexibility index (Phi) is 4.26. The van der Waals surface area contributed by atoms with Crippen molar-refractivity contribution in [2.24, 2.45) is 0 Å². The van der Waals surface area contributed by atoms with E-state index < -0.39 is 0 Å². The van der Waals surface area contributed by atoms with Gasteiger partial charge in [0.1, 0.15) is 0 Å². The average molecular weight is 288 g/mol. The molecule has 2 rings (SSSR count). The predicted molar refractivity (Wildman–Crippen MR) is 81.6 cm³/mol. The summed E-state index contributed by atoms with van der Waals surface area (Å²) in [7, 11) is 1.57. The van der Waals surface area contributed by atoms with Gasteiger partial charge in [-0.3, -0.25) is 4.79 Å². The molecule has 0 fully saturated rings. The SMILES string of the molecule is COc1ncccc1CNc1nccn(C(C)(C)C)c1=O. The van der Waals surface area contributed by atoms with Crippen LogP contribution in [0.2, 0.25) is 0 Å². The molecule has 6 nitrogen and oxygen atoms in total. The second-order valence-corrected chi connectivity index (χ2v) is 5.65. The Hall–Kier alpha value is -2.37. The second kappa shape index (κ2) is 5.95. The maximum absolute atomic E-state index is 12.4. The molecule has 2 heterocycles. The highest BCUT2D eigenvalue weighted by Crippen LogP contribution is 2.15. The zero-order valence-electron chi connectivity index (χ0n) is 12.8. The first kappa shape index (κ1) is 15.0. The molecule has 0 bridgehead atoms. The number of ether oxygens (including phenoxy) is 1. The summed E-state index contributed by atoms with van der Waals surface area (Å²) in [5.74, 6) is 0.857. The van der Waals surface area contributed by atoms with E-state index in [0.29, 0.717) is 18.2 Å². The van der Waals surface area contributed by atoms with E-state index in [0.717, 1.165) is 5.56 Å². The van der Waals surface area contributed by atoms with Crippen molar-refractivity contribution >= 4 is 5.82 Å². The van der Waals surface area contributed by atoms with E-state index in [1.54, 1.807) is 30.3 Å². The van der Waals surface area contributed by atoms with Gasteiger partial charge in [-0.15, -0.1) is 0 Å². The van der Waals surface area contributed by atoms with Crippen molar-refractivity contribution in [2.75, 3.05) is 12.4 Å². The van der Waals surface area contributed by atoms with Crippen molar-refractivity contribution < 1.29 is 4.74 Å². The molecule has 2 aromatic heterocycles. The van der Waals surface area contributed by atoms with Gasteiger partial charge in [0.15, 0.2) is 5.82 Å². The molecule has 0 aliphatic rings. The van der Waals surface area contributed by atoms with Crippen LogP contribution in [0.5, 0.6) is 5.88 Å².